The maximum atomic E-state index is 13.8. The van der Waals surface area contributed by atoms with Crippen LogP contribution in [0.3, 0.4) is 0 Å². The average molecular weight is 376 g/mol. The molecule has 2 aromatic rings. The van der Waals surface area contributed by atoms with Crippen molar-refractivity contribution in [3.8, 4) is 0 Å². The standard InChI is InChI=1S/C18H19BrFN3/c19-15-5-13(7-21-8-15)9-22-11-16-6-17(12-22)23(16)10-14-3-1-2-4-18(14)20/h1-5,7-8,16-17H,6,9-12H2. The van der Waals surface area contributed by atoms with Crippen molar-refractivity contribution in [2.75, 3.05) is 13.1 Å². The Morgan fingerprint density at radius 3 is 2.65 bits per heavy atom. The van der Waals surface area contributed by atoms with Crippen molar-refractivity contribution >= 4 is 15.9 Å². The zero-order valence-electron chi connectivity index (χ0n) is 12.8. The van der Waals surface area contributed by atoms with Crippen molar-refractivity contribution in [1.29, 1.82) is 0 Å². The van der Waals surface area contributed by atoms with E-state index in [1.165, 1.54) is 12.0 Å². The molecule has 2 bridgehead atoms. The number of halogens is 2. The van der Waals surface area contributed by atoms with Gasteiger partial charge in [0.1, 0.15) is 5.82 Å². The van der Waals surface area contributed by atoms with Crippen LogP contribution >= 0.6 is 15.9 Å². The second kappa shape index (κ2) is 6.30. The molecule has 0 N–H and O–H groups in total. The van der Waals surface area contributed by atoms with Gasteiger partial charge in [-0.25, -0.2) is 4.39 Å². The molecule has 3 nitrogen and oxygen atoms in total. The van der Waals surface area contributed by atoms with Crippen LogP contribution in [0.4, 0.5) is 4.39 Å². The molecule has 120 valence electrons. The molecule has 2 atom stereocenters. The number of benzene rings is 1. The highest BCUT2D eigenvalue weighted by Crippen LogP contribution is 2.34. The second-order valence-electron chi connectivity index (χ2n) is 6.51. The summed E-state index contributed by atoms with van der Waals surface area (Å²) in [7, 11) is 0. The van der Waals surface area contributed by atoms with Crippen molar-refractivity contribution in [2.45, 2.75) is 31.6 Å². The Morgan fingerprint density at radius 1 is 1.13 bits per heavy atom. The molecule has 4 heterocycles. The van der Waals surface area contributed by atoms with Crippen LogP contribution in [0.1, 0.15) is 17.5 Å². The monoisotopic (exact) mass is 375 g/mol. The van der Waals surface area contributed by atoms with Crippen molar-refractivity contribution in [3.05, 3.63) is 64.1 Å². The van der Waals surface area contributed by atoms with Crippen LogP contribution in [0.2, 0.25) is 0 Å². The van der Waals surface area contributed by atoms with Gasteiger partial charge >= 0.3 is 0 Å². The third-order valence-corrected chi connectivity index (χ3v) is 5.33. The molecule has 2 unspecified atom stereocenters. The fourth-order valence-electron chi connectivity index (χ4n) is 3.79. The topological polar surface area (TPSA) is 19.4 Å². The zero-order valence-corrected chi connectivity index (χ0v) is 14.4. The van der Waals surface area contributed by atoms with Gasteiger partial charge in [-0.05, 0) is 40.0 Å². The molecule has 0 radical (unpaired) electrons. The molecular formula is C18H19BrFN3. The second-order valence-corrected chi connectivity index (χ2v) is 7.43. The Balaban J connectivity index is 1.38. The van der Waals surface area contributed by atoms with Crippen LogP contribution in [-0.2, 0) is 13.1 Å². The first-order valence-electron chi connectivity index (χ1n) is 8.00. The summed E-state index contributed by atoms with van der Waals surface area (Å²) in [5.74, 6) is -0.0884. The molecule has 3 aliphatic heterocycles. The Bertz CT molecular complexity index is 696. The van der Waals surface area contributed by atoms with Gasteiger partial charge in [0.25, 0.3) is 0 Å². The Kier molecular flexibility index (Phi) is 4.18. The summed E-state index contributed by atoms with van der Waals surface area (Å²) in [6.45, 7) is 3.77. The zero-order chi connectivity index (χ0) is 15.8. The van der Waals surface area contributed by atoms with Gasteiger partial charge in [-0.1, -0.05) is 18.2 Å². The van der Waals surface area contributed by atoms with Gasteiger partial charge in [-0.3, -0.25) is 14.8 Å². The van der Waals surface area contributed by atoms with E-state index in [2.05, 4.69) is 36.8 Å². The molecular weight excluding hydrogens is 357 g/mol. The minimum atomic E-state index is -0.0884. The van der Waals surface area contributed by atoms with Crippen molar-refractivity contribution < 1.29 is 4.39 Å². The molecule has 3 saturated heterocycles. The van der Waals surface area contributed by atoms with Gasteiger partial charge in [0, 0.05) is 60.7 Å². The van der Waals surface area contributed by atoms with E-state index in [4.69, 9.17) is 0 Å². The Labute approximate surface area is 144 Å². The van der Waals surface area contributed by atoms with Crippen LogP contribution in [0, 0.1) is 5.82 Å². The largest absolute Gasteiger partial charge is 0.296 e. The molecule has 5 heteroatoms. The van der Waals surface area contributed by atoms with Crippen molar-refractivity contribution in [1.82, 2.24) is 14.8 Å². The number of piperazine rings is 1. The Hall–Kier alpha value is -1.30. The van der Waals surface area contributed by atoms with E-state index in [-0.39, 0.29) is 5.82 Å². The van der Waals surface area contributed by atoms with E-state index in [0.29, 0.717) is 12.1 Å². The molecule has 3 aliphatic rings. The van der Waals surface area contributed by atoms with Crippen LogP contribution < -0.4 is 0 Å². The van der Waals surface area contributed by atoms with E-state index in [1.54, 1.807) is 12.1 Å². The summed E-state index contributed by atoms with van der Waals surface area (Å²) >= 11 is 3.48. The lowest BCUT2D eigenvalue weighted by molar-refractivity contribution is -0.0779. The Morgan fingerprint density at radius 2 is 1.91 bits per heavy atom. The highest BCUT2D eigenvalue weighted by molar-refractivity contribution is 9.10. The van der Waals surface area contributed by atoms with Crippen LogP contribution in [0.25, 0.3) is 0 Å². The molecule has 3 fully saturated rings. The van der Waals surface area contributed by atoms with Gasteiger partial charge in [-0.2, -0.15) is 0 Å². The number of rotatable bonds is 4. The minimum Gasteiger partial charge on any atom is -0.296 e. The third kappa shape index (κ3) is 3.18. The third-order valence-electron chi connectivity index (χ3n) is 4.90. The normalized spacial score (nSPS) is 24.4. The first kappa shape index (κ1) is 15.2. The number of hydrogen-bond acceptors (Lipinski definition) is 3. The predicted molar refractivity (Wildman–Crippen MR) is 91.4 cm³/mol. The summed E-state index contributed by atoms with van der Waals surface area (Å²) in [6, 6.07) is 10.3. The fraction of sp³-hybridized carbons (Fsp3) is 0.389. The lowest BCUT2D eigenvalue weighted by Gasteiger charge is -2.56. The van der Waals surface area contributed by atoms with E-state index >= 15 is 0 Å². The maximum Gasteiger partial charge on any atom is 0.127 e. The van der Waals surface area contributed by atoms with E-state index < -0.39 is 0 Å². The molecule has 5 rings (SSSR count). The lowest BCUT2D eigenvalue weighted by atomic mass is 9.86. The van der Waals surface area contributed by atoms with Crippen LogP contribution in [0.5, 0.6) is 0 Å². The maximum absolute atomic E-state index is 13.8. The number of pyridine rings is 1. The van der Waals surface area contributed by atoms with Crippen LogP contribution in [0.15, 0.2) is 47.2 Å². The molecule has 0 saturated carbocycles. The first-order chi connectivity index (χ1) is 11.2. The highest BCUT2D eigenvalue weighted by atomic mass is 79.9. The van der Waals surface area contributed by atoms with Crippen molar-refractivity contribution in [3.63, 3.8) is 0 Å². The number of fused-ring (bicyclic) bond motifs is 2. The number of aromatic nitrogens is 1. The smallest absolute Gasteiger partial charge is 0.127 e. The summed E-state index contributed by atoms with van der Waals surface area (Å²) in [5.41, 5.74) is 2.05. The van der Waals surface area contributed by atoms with Crippen LogP contribution in [-0.4, -0.2) is 40.0 Å². The molecule has 0 spiro atoms. The van der Waals surface area contributed by atoms with Gasteiger partial charge in [0.05, 0.1) is 0 Å². The quantitative estimate of drug-likeness (QED) is 0.815. The molecule has 23 heavy (non-hydrogen) atoms. The molecule has 0 aliphatic carbocycles. The average Bonchev–Trinajstić information content (AvgIpc) is 2.54. The molecule has 0 amide bonds. The number of piperidine rings is 1. The highest BCUT2D eigenvalue weighted by Gasteiger charge is 2.44. The summed E-state index contributed by atoms with van der Waals surface area (Å²) < 4.78 is 14.9. The first-order valence-corrected chi connectivity index (χ1v) is 8.79. The molecule has 1 aromatic heterocycles. The molecule has 1 aromatic carbocycles. The summed E-state index contributed by atoms with van der Waals surface area (Å²) in [4.78, 5) is 9.17. The van der Waals surface area contributed by atoms with Gasteiger partial charge in [-0.15, -0.1) is 0 Å². The summed E-state index contributed by atoms with van der Waals surface area (Å²) in [6.07, 6.45) is 4.98. The van der Waals surface area contributed by atoms with Gasteiger partial charge in [0.2, 0.25) is 0 Å². The van der Waals surface area contributed by atoms with E-state index in [0.717, 1.165) is 36.2 Å². The number of hydrogen-bond donors (Lipinski definition) is 0. The minimum absolute atomic E-state index is 0.0884. The van der Waals surface area contributed by atoms with Gasteiger partial charge in [0.15, 0.2) is 0 Å². The SMILES string of the molecule is Fc1ccccc1CN1C2CC1CN(Cc1cncc(Br)c1)C2. The number of nitrogens with zero attached hydrogens (tertiary/aromatic N) is 3. The van der Waals surface area contributed by atoms with E-state index in [1.807, 2.05) is 24.5 Å². The van der Waals surface area contributed by atoms with Gasteiger partial charge < -0.3 is 0 Å². The van der Waals surface area contributed by atoms with Crippen molar-refractivity contribution in [2.24, 2.45) is 0 Å². The summed E-state index contributed by atoms with van der Waals surface area (Å²) in [5, 5.41) is 0. The fourth-order valence-corrected chi connectivity index (χ4v) is 4.20. The lowest BCUT2D eigenvalue weighted by Crippen LogP contribution is -2.67. The predicted octanol–water partition coefficient (Wildman–Crippen LogP) is 3.44. The van der Waals surface area contributed by atoms with E-state index in [9.17, 15) is 4.39 Å².